The van der Waals surface area contributed by atoms with Crippen LogP contribution in [0.25, 0.3) is 0 Å². The van der Waals surface area contributed by atoms with E-state index in [4.69, 9.17) is 4.74 Å². The van der Waals surface area contributed by atoms with Crippen LogP contribution in [0.4, 0.5) is 4.79 Å². The highest BCUT2D eigenvalue weighted by Gasteiger charge is 2.45. The number of rotatable bonds is 2. The molecule has 4 heteroatoms. The fourth-order valence-electron chi connectivity index (χ4n) is 3.31. The van der Waals surface area contributed by atoms with Crippen molar-refractivity contribution in [2.24, 2.45) is 0 Å². The number of ether oxygens (including phenoxy) is 1. The fraction of sp³-hybridized carbons (Fsp3) is 0.917. The van der Waals surface area contributed by atoms with E-state index < -0.39 is 5.30 Å². The molecule has 0 bridgehead atoms. The first-order valence-electron chi connectivity index (χ1n) is 5.86. The molecule has 0 spiro atoms. The molecule has 0 aromatic carbocycles. The number of carbonyl (C=O) groups excluding carboxylic acids is 1. The summed E-state index contributed by atoms with van der Waals surface area (Å²) in [4.78, 5) is 13.4. The van der Waals surface area contributed by atoms with Gasteiger partial charge in [0.05, 0.1) is 0 Å². The molecule has 0 unspecified atom stereocenters. The number of carbonyl (C=O) groups is 1. The van der Waals surface area contributed by atoms with Crippen LogP contribution in [0.3, 0.4) is 0 Å². The zero-order valence-electron chi connectivity index (χ0n) is 10.9. The van der Waals surface area contributed by atoms with E-state index in [1.54, 1.807) is 0 Å². The van der Waals surface area contributed by atoms with Gasteiger partial charge in [-0.15, -0.1) is 0 Å². The number of likely N-dealkylation sites (tertiary alicyclic amines) is 1. The van der Waals surface area contributed by atoms with Crippen LogP contribution < -0.4 is 0 Å². The fourth-order valence-corrected chi connectivity index (χ4v) is 3.46. The van der Waals surface area contributed by atoms with Gasteiger partial charge >= 0.3 is 5.30 Å². The van der Waals surface area contributed by atoms with E-state index in [1.807, 2.05) is 0 Å². The maximum absolute atomic E-state index is 10.9. The molecule has 0 aliphatic carbocycles. The van der Waals surface area contributed by atoms with Crippen LogP contribution in [0.5, 0.6) is 0 Å². The molecule has 1 saturated heterocycles. The SMILES string of the molecule is CCN1C(C)(C)CC(OC(=O)S)CC1(C)C. The van der Waals surface area contributed by atoms with E-state index in [-0.39, 0.29) is 17.2 Å². The van der Waals surface area contributed by atoms with Crippen molar-refractivity contribution >= 4 is 17.9 Å². The molecule has 1 heterocycles. The Morgan fingerprint density at radius 1 is 1.31 bits per heavy atom. The molecule has 0 saturated carbocycles. The molecule has 1 rings (SSSR count). The van der Waals surface area contributed by atoms with Gasteiger partial charge in [-0.05, 0) is 34.2 Å². The minimum Gasteiger partial charge on any atom is -0.454 e. The summed E-state index contributed by atoms with van der Waals surface area (Å²) in [5.74, 6) is 0. The highest BCUT2D eigenvalue weighted by atomic mass is 32.1. The van der Waals surface area contributed by atoms with E-state index in [9.17, 15) is 4.79 Å². The van der Waals surface area contributed by atoms with Gasteiger partial charge in [0.2, 0.25) is 0 Å². The number of piperidine rings is 1. The van der Waals surface area contributed by atoms with Gasteiger partial charge in [0, 0.05) is 23.9 Å². The van der Waals surface area contributed by atoms with Crippen molar-refractivity contribution in [1.29, 1.82) is 0 Å². The third kappa shape index (κ3) is 2.92. The number of thiol groups is 1. The molecule has 3 nitrogen and oxygen atoms in total. The molecule has 0 aromatic heterocycles. The Hall–Kier alpha value is -0.220. The maximum atomic E-state index is 10.9. The monoisotopic (exact) mass is 245 g/mol. The standard InChI is InChI=1S/C12H23NO2S/c1-6-13-11(2,3)7-9(15-10(14)16)8-12(13,4)5/h9H,6-8H2,1-5H3,(H,14,16). The van der Waals surface area contributed by atoms with E-state index in [0.717, 1.165) is 19.4 Å². The number of nitrogens with zero attached hydrogens (tertiary/aromatic N) is 1. The molecule has 0 amide bonds. The molecule has 1 aliphatic heterocycles. The number of hydrogen-bond donors (Lipinski definition) is 1. The Morgan fingerprint density at radius 2 is 1.75 bits per heavy atom. The average Bonchev–Trinajstić information content (AvgIpc) is 1.97. The summed E-state index contributed by atoms with van der Waals surface area (Å²) < 4.78 is 5.25. The predicted molar refractivity (Wildman–Crippen MR) is 69.0 cm³/mol. The first kappa shape index (κ1) is 13.8. The Balaban J connectivity index is 2.84. The van der Waals surface area contributed by atoms with E-state index in [2.05, 4.69) is 52.1 Å². The lowest BCUT2D eigenvalue weighted by atomic mass is 9.78. The van der Waals surface area contributed by atoms with Gasteiger partial charge in [-0.2, -0.15) is 0 Å². The van der Waals surface area contributed by atoms with Gasteiger partial charge in [-0.3, -0.25) is 4.90 Å². The molecule has 94 valence electrons. The van der Waals surface area contributed by atoms with Crippen molar-refractivity contribution in [3.63, 3.8) is 0 Å². The molecule has 0 N–H and O–H groups in total. The molecular formula is C12H23NO2S. The third-order valence-electron chi connectivity index (χ3n) is 3.50. The normalized spacial score (nSPS) is 25.4. The van der Waals surface area contributed by atoms with Crippen LogP contribution in [0.2, 0.25) is 0 Å². The highest BCUT2D eigenvalue weighted by molar-refractivity contribution is 7.96. The molecule has 0 radical (unpaired) electrons. The smallest absolute Gasteiger partial charge is 0.364 e. The van der Waals surface area contributed by atoms with Crippen LogP contribution in [-0.4, -0.2) is 33.9 Å². The van der Waals surface area contributed by atoms with Gasteiger partial charge in [0.15, 0.2) is 0 Å². The maximum Gasteiger partial charge on any atom is 0.364 e. The van der Waals surface area contributed by atoms with Crippen molar-refractivity contribution in [3.8, 4) is 0 Å². The lowest BCUT2D eigenvalue weighted by Crippen LogP contribution is -2.62. The minimum absolute atomic E-state index is 0.0159. The molecule has 0 aromatic rings. The van der Waals surface area contributed by atoms with Crippen LogP contribution >= 0.6 is 12.6 Å². The highest BCUT2D eigenvalue weighted by Crippen LogP contribution is 2.39. The van der Waals surface area contributed by atoms with Crippen molar-refractivity contribution in [2.45, 2.75) is 64.6 Å². The second-order valence-corrected chi connectivity index (χ2v) is 6.15. The zero-order valence-corrected chi connectivity index (χ0v) is 11.8. The van der Waals surface area contributed by atoms with Gasteiger partial charge in [-0.25, -0.2) is 4.79 Å². The topological polar surface area (TPSA) is 29.5 Å². The van der Waals surface area contributed by atoms with E-state index in [0.29, 0.717) is 0 Å². The molecule has 1 fully saturated rings. The average molecular weight is 245 g/mol. The van der Waals surface area contributed by atoms with Gasteiger partial charge in [0.25, 0.3) is 0 Å². The minimum atomic E-state index is -0.471. The first-order chi connectivity index (χ1) is 7.19. The quantitative estimate of drug-likeness (QED) is 0.599. The molecular weight excluding hydrogens is 222 g/mol. The van der Waals surface area contributed by atoms with E-state index >= 15 is 0 Å². The van der Waals surface area contributed by atoms with Crippen LogP contribution in [0.1, 0.15) is 47.5 Å². The van der Waals surface area contributed by atoms with Crippen molar-refractivity contribution in [2.75, 3.05) is 6.54 Å². The van der Waals surface area contributed by atoms with Crippen LogP contribution in [0.15, 0.2) is 0 Å². The number of hydrogen-bond acceptors (Lipinski definition) is 3. The van der Waals surface area contributed by atoms with Gasteiger partial charge < -0.3 is 4.74 Å². The summed E-state index contributed by atoms with van der Waals surface area (Å²) in [6.07, 6.45) is 1.73. The summed E-state index contributed by atoms with van der Waals surface area (Å²) in [5.41, 5.74) is 0.120. The second-order valence-electron chi connectivity index (χ2n) is 5.78. The Morgan fingerprint density at radius 3 is 2.06 bits per heavy atom. The Kier molecular flexibility index (Phi) is 3.95. The third-order valence-corrected chi connectivity index (χ3v) is 3.60. The summed E-state index contributed by atoms with van der Waals surface area (Å²) in [5, 5.41) is -0.471. The van der Waals surface area contributed by atoms with Gasteiger partial charge in [-0.1, -0.05) is 19.6 Å². The van der Waals surface area contributed by atoms with Crippen LogP contribution in [0, 0.1) is 0 Å². The second kappa shape index (κ2) is 4.57. The first-order valence-corrected chi connectivity index (χ1v) is 6.31. The van der Waals surface area contributed by atoms with Crippen molar-refractivity contribution < 1.29 is 9.53 Å². The Bertz CT molecular complexity index is 258. The van der Waals surface area contributed by atoms with Crippen molar-refractivity contribution in [1.82, 2.24) is 4.90 Å². The summed E-state index contributed by atoms with van der Waals surface area (Å²) >= 11 is 3.69. The zero-order chi connectivity index (χ0) is 12.6. The molecule has 16 heavy (non-hydrogen) atoms. The molecule has 1 aliphatic rings. The molecule has 0 atom stereocenters. The summed E-state index contributed by atoms with van der Waals surface area (Å²) in [6.45, 7) is 12.0. The summed E-state index contributed by atoms with van der Waals surface area (Å²) in [7, 11) is 0. The predicted octanol–water partition coefficient (Wildman–Crippen LogP) is 3.09. The van der Waals surface area contributed by atoms with Crippen LogP contribution in [-0.2, 0) is 4.74 Å². The van der Waals surface area contributed by atoms with Crippen molar-refractivity contribution in [3.05, 3.63) is 0 Å². The Labute approximate surface area is 104 Å². The van der Waals surface area contributed by atoms with E-state index in [1.165, 1.54) is 0 Å². The lowest BCUT2D eigenvalue weighted by Gasteiger charge is -2.54. The largest absolute Gasteiger partial charge is 0.454 e. The summed E-state index contributed by atoms with van der Waals surface area (Å²) in [6, 6.07) is 0. The lowest BCUT2D eigenvalue weighted by molar-refractivity contribution is -0.0767. The van der Waals surface area contributed by atoms with Gasteiger partial charge in [0.1, 0.15) is 6.10 Å².